The molecule has 0 radical (unpaired) electrons. The minimum Gasteiger partial charge on any atom is -0.460 e. The van der Waals surface area contributed by atoms with Crippen LogP contribution >= 0.6 is 0 Å². The van der Waals surface area contributed by atoms with E-state index in [-0.39, 0.29) is 24.6 Å². The molecule has 5 nitrogen and oxygen atoms in total. The van der Waals surface area contributed by atoms with Gasteiger partial charge < -0.3 is 14.8 Å². The van der Waals surface area contributed by atoms with Crippen molar-refractivity contribution in [3.8, 4) is 0 Å². The predicted molar refractivity (Wildman–Crippen MR) is 88.2 cm³/mol. The molecule has 1 aliphatic carbocycles. The monoisotopic (exact) mass is 319 g/mol. The molecular formula is C18H25NO4. The molecule has 0 aromatic heterocycles. The quantitative estimate of drug-likeness (QED) is 0.818. The Kier molecular flexibility index (Phi) is 6.59. The van der Waals surface area contributed by atoms with E-state index in [1.165, 1.54) is 6.42 Å². The van der Waals surface area contributed by atoms with Crippen molar-refractivity contribution < 1.29 is 19.1 Å². The van der Waals surface area contributed by atoms with Crippen molar-refractivity contribution in [1.29, 1.82) is 0 Å². The van der Waals surface area contributed by atoms with Crippen LogP contribution < -0.4 is 5.32 Å². The molecule has 1 aliphatic rings. The number of hydrogen-bond donors (Lipinski definition) is 1. The summed E-state index contributed by atoms with van der Waals surface area (Å²) in [6.45, 7) is 3.40. The van der Waals surface area contributed by atoms with Crippen LogP contribution in [0.25, 0.3) is 0 Å². The molecule has 0 heterocycles. The molecule has 1 fully saturated rings. The highest BCUT2D eigenvalue weighted by Crippen LogP contribution is 2.20. The number of esters is 1. The second kappa shape index (κ2) is 8.67. The minimum atomic E-state index is -0.736. The summed E-state index contributed by atoms with van der Waals surface area (Å²) in [6.07, 6.45) is 4.53. The van der Waals surface area contributed by atoms with Crippen LogP contribution in [-0.2, 0) is 19.1 Å². The maximum absolute atomic E-state index is 11.9. The standard InChI is InChI=1S/C18H25NO4/c1-13-7-6-8-15(11-13)19-17(20)12-22-14(2)18(21)23-16-9-4-3-5-10-16/h6-8,11,14,16H,3-5,9-10,12H2,1-2H3,(H,19,20). The Morgan fingerprint density at radius 1 is 1.26 bits per heavy atom. The van der Waals surface area contributed by atoms with Crippen molar-refractivity contribution in [1.82, 2.24) is 0 Å². The first-order valence-corrected chi connectivity index (χ1v) is 8.23. The number of carbonyl (C=O) groups excluding carboxylic acids is 2. The third-order valence-corrected chi connectivity index (χ3v) is 3.93. The Hall–Kier alpha value is -1.88. The number of amides is 1. The molecule has 0 aliphatic heterocycles. The van der Waals surface area contributed by atoms with Crippen molar-refractivity contribution in [2.75, 3.05) is 11.9 Å². The van der Waals surface area contributed by atoms with Crippen LogP contribution in [0.15, 0.2) is 24.3 Å². The highest BCUT2D eigenvalue weighted by molar-refractivity contribution is 5.92. The normalized spacial score (nSPS) is 16.6. The molecule has 0 saturated heterocycles. The summed E-state index contributed by atoms with van der Waals surface area (Å²) in [6, 6.07) is 7.51. The van der Waals surface area contributed by atoms with Gasteiger partial charge in [0.15, 0.2) is 6.10 Å². The van der Waals surface area contributed by atoms with Crippen LogP contribution in [-0.4, -0.2) is 30.7 Å². The number of aryl methyl sites for hydroxylation is 1. The smallest absolute Gasteiger partial charge is 0.335 e. The zero-order valence-corrected chi connectivity index (χ0v) is 13.8. The van der Waals surface area contributed by atoms with Gasteiger partial charge in [0.2, 0.25) is 5.91 Å². The SMILES string of the molecule is Cc1cccc(NC(=O)COC(C)C(=O)OC2CCCCC2)c1. The van der Waals surface area contributed by atoms with E-state index in [1.807, 2.05) is 31.2 Å². The van der Waals surface area contributed by atoms with E-state index in [9.17, 15) is 9.59 Å². The van der Waals surface area contributed by atoms with E-state index in [4.69, 9.17) is 9.47 Å². The van der Waals surface area contributed by atoms with Gasteiger partial charge in [0.05, 0.1) is 0 Å². The van der Waals surface area contributed by atoms with Crippen molar-refractivity contribution in [2.24, 2.45) is 0 Å². The van der Waals surface area contributed by atoms with E-state index in [0.29, 0.717) is 0 Å². The van der Waals surface area contributed by atoms with Crippen LogP contribution in [0.5, 0.6) is 0 Å². The Morgan fingerprint density at radius 3 is 2.70 bits per heavy atom. The molecular weight excluding hydrogens is 294 g/mol. The largest absolute Gasteiger partial charge is 0.460 e. The third kappa shape index (κ3) is 6.02. The first-order valence-electron chi connectivity index (χ1n) is 8.23. The molecule has 1 aromatic carbocycles. The fourth-order valence-electron chi connectivity index (χ4n) is 2.63. The second-order valence-electron chi connectivity index (χ2n) is 6.07. The summed E-state index contributed by atoms with van der Waals surface area (Å²) in [5.41, 5.74) is 1.78. The van der Waals surface area contributed by atoms with Crippen LogP contribution in [0.1, 0.15) is 44.6 Å². The van der Waals surface area contributed by atoms with Crippen molar-refractivity contribution in [3.63, 3.8) is 0 Å². The van der Waals surface area contributed by atoms with E-state index in [2.05, 4.69) is 5.32 Å². The molecule has 0 bridgehead atoms. The van der Waals surface area contributed by atoms with Gasteiger partial charge in [0, 0.05) is 5.69 Å². The fraction of sp³-hybridized carbons (Fsp3) is 0.556. The fourth-order valence-corrected chi connectivity index (χ4v) is 2.63. The number of nitrogens with one attached hydrogen (secondary N) is 1. The summed E-state index contributed by atoms with van der Waals surface area (Å²) in [4.78, 5) is 23.8. The van der Waals surface area contributed by atoms with Crippen LogP contribution in [0.2, 0.25) is 0 Å². The van der Waals surface area contributed by atoms with Gasteiger partial charge >= 0.3 is 5.97 Å². The highest BCUT2D eigenvalue weighted by atomic mass is 16.6. The summed E-state index contributed by atoms with van der Waals surface area (Å²) in [7, 11) is 0. The van der Waals surface area contributed by atoms with Crippen molar-refractivity contribution >= 4 is 17.6 Å². The van der Waals surface area contributed by atoms with E-state index < -0.39 is 6.10 Å². The molecule has 1 aromatic rings. The van der Waals surface area contributed by atoms with Crippen molar-refractivity contribution in [2.45, 2.75) is 58.2 Å². The molecule has 1 atom stereocenters. The molecule has 2 rings (SSSR count). The topological polar surface area (TPSA) is 64.6 Å². The maximum Gasteiger partial charge on any atom is 0.335 e. The summed E-state index contributed by atoms with van der Waals surface area (Å²) < 4.78 is 10.7. The zero-order chi connectivity index (χ0) is 16.7. The zero-order valence-electron chi connectivity index (χ0n) is 13.8. The molecule has 1 amide bonds. The summed E-state index contributed by atoms with van der Waals surface area (Å²) >= 11 is 0. The highest BCUT2D eigenvalue weighted by Gasteiger charge is 2.22. The Morgan fingerprint density at radius 2 is 2.00 bits per heavy atom. The van der Waals surface area contributed by atoms with Gasteiger partial charge in [-0.15, -0.1) is 0 Å². The van der Waals surface area contributed by atoms with Crippen LogP contribution in [0, 0.1) is 6.92 Å². The van der Waals surface area contributed by atoms with Gasteiger partial charge in [0.1, 0.15) is 12.7 Å². The molecule has 1 unspecified atom stereocenters. The van der Waals surface area contributed by atoms with Gasteiger partial charge in [0.25, 0.3) is 0 Å². The molecule has 5 heteroatoms. The van der Waals surface area contributed by atoms with E-state index in [0.717, 1.165) is 36.9 Å². The molecule has 1 saturated carbocycles. The molecule has 23 heavy (non-hydrogen) atoms. The lowest BCUT2D eigenvalue weighted by atomic mass is 9.98. The first kappa shape index (κ1) is 17.5. The minimum absolute atomic E-state index is 0.00317. The first-order chi connectivity index (χ1) is 11.0. The van der Waals surface area contributed by atoms with E-state index in [1.54, 1.807) is 6.92 Å². The van der Waals surface area contributed by atoms with Gasteiger partial charge in [-0.05, 0) is 57.2 Å². The molecule has 0 spiro atoms. The van der Waals surface area contributed by atoms with Gasteiger partial charge in [-0.1, -0.05) is 18.6 Å². The molecule has 1 N–H and O–H groups in total. The van der Waals surface area contributed by atoms with Crippen LogP contribution in [0.3, 0.4) is 0 Å². The van der Waals surface area contributed by atoms with Gasteiger partial charge in [-0.3, -0.25) is 4.79 Å². The van der Waals surface area contributed by atoms with Gasteiger partial charge in [-0.2, -0.15) is 0 Å². The Balaban J connectivity index is 1.71. The van der Waals surface area contributed by atoms with Gasteiger partial charge in [-0.25, -0.2) is 4.79 Å². The number of rotatable bonds is 6. The summed E-state index contributed by atoms with van der Waals surface area (Å²) in [5.74, 6) is -0.673. The Bertz CT molecular complexity index is 538. The lowest BCUT2D eigenvalue weighted by Gasteiger charge is -2.23. The summed E-state index contributed by atoms with van der Waals surface area (Å²) in [5, 5.41) is 2.74. The number of benzene rings is 1. The maximum atomic E-state index is 11.9. The number of anilines is 1. The lowest BCUT2D eigenvalue weighted by Crippen LogP contribution is -2.31. The average molecular weight is 319 g/mol. The second-order valence-corrected chi connectivity index (χ2v) is 6.07. The van der Waals surface area contributed by atoms with E-state index >= 15 is 0 Å². The Labute approximate surface area is 137 Å². The molecule has 126 valence electrons. The third-order valence-electron chi connectivity index (χ3n) is 3.93. The number of ether oxygens (including phenoxy) is 2. The number of carbonyl (C=O) groups is 2. The predicted octanol–water partition coefficient (Wildman–Crippen LogP) is 3.21. The number of hydrogen-bond acceptors (Lipinski definition) is 4. The van der Waals surface area contributed by atoms with Crippen LogP contribution in [0.4, 0.5) is 5.69 Å². The lowest BCUT2D eigenvalue weighted by molar-refractivity contribution is -0.163. The van der Waals surface area contributed by atoms with Crippen molar-refractivity contribution in [3.05, 3.63) is 29.8 Å². The average Bonchev–Trinajstić information content (AvgIpc) is 2.53.